The second kappa shape index (κ2) is 7.25. The molecule has 2 amide bonds. The van der Waals surface area contributed by atoms with E-state index in [1.807, 2.05) is 29.2 Å². The van der Waals surface area contributed by atoms with Crippen LogP contribution in [0.5, 0.6) is 0 Å². The largest absolute Gasteiger partial charge is 0.359 e. The number of carbonyl (C=O) groups excluding carboxylic acids is 2. The molecule has 2 aromatic carbocycles. The number of nitrogens with one attached hydrogen (secondary N) is 2. The number of benzene rings is 2. The molecule has 0 aliphatic carbocycles. The lowest BCUT2D eigenvalue weighted by Crippen LogP contribution is -2.47. The van der Waals surface area contributed by atoms with Gasteiger partial charge in [0.25, 0.3) is 5.91 Å². The van der Waals surface area contributed by atoms with E-state index in [9.17, 15) is 9.59 Å². The number of piperazine rings is 1. The fourth-order valence-electron chi connectivity index (χ4n) is 3.19. The van der Waals surface area contributed by atoms with Crippen molar-refractivity contribution in [2.45, 2.75) is 0 Å². The number of fused-ring (bicyclic) bond motifs is 1. The Labute approximate surface area is 161 Å². The predicted molar refractivity (Wildman–Crippen MR) is 106 cm³/mol. The van der Waals surface area contributed by atoms with E-state index < -0.39 is 0 Å². The fourth-order valence-corrected chi connectivity index (χ4v) is 3.49. The van der Waals surface area contributed by atoms with Crippen LogP contribution in [0.15, 0.2) is 54.7 Å². The van der Waals surface area contributed by atoms with Gasteiger partial charge in [-0.3, -0.25) is 14.6 Å². The van der Waals surface area contributed by atoms with Gasteiger partial charge in [-0.15, -0.1) is 0 Å². The zero-order valence-electron chi connectivity index (χ0n) is 14.4. The Balaban J connectivity index is 1.56. The molecule has 0 unspecified atom stereocenters. The van der Waals surface area contributed by atoms with E-state index in [2.05, 4.69) is 15.6 Å². The Morgan fingerprint density at radius 1 is 1.19 bits per heavy atom. The van der Waals surface area contributed by atoms with Crippen LogP contribution in [0, 0.1) is 0 Å². The van der Waals surface area contributed by atoms with Crippen LogP contribution in [-0.2, 0) is 4.79 Å². The van der Waals surface area contributed by atoms with Crippen molar-refractivity contribution in [1.82, 2.24) is 10.3 Å². The number of anilines is 2. The van der Waals surface area contributed by atoms with Gasteiger partial charge in [0.15, 0.2) is 0 Å². The van der Waals surface area contributed by atoms with Gasteiger partial charge in [-0.05, 0) is 36.4 Å². The highest BCUT2D eigenvalue weighted by Gasteiger charge is 2.19. The first-order chi connectivity index (χ1) is 13.1. The predicted octanol–water partition coefficient (Wildman–Crippen LogP) is 3.08. The summed E-state index contributed by atoms with van der Waals surface area (Å²) in [5.74, 6) is -0.256. The van der Waals surface area contributed by atoms with Gasteiger partial charge in [0.1, 0.15) is 0 Å². The summed E-state index contributed by atoms with van der Waals surface area (Å²) in [7, 11) is 0. The Morgan fingerprint density at radius 2 is 2.07 bits per heavy atom. The van der Waals surface area contributed by atoms with Crippen LogP contribution in [0.4, 0.5) is 11.4 Å². The number of nitrogens with zero attached hydrogens (tertiary/aromatic N) is 2. The number of aromatic nitrogens is 1. The van der Waals surface area contributed by atoms with Crippen molar-refractivity contribution in [3.05, 3.63) is 65.3 Å². The molecular formula is C20H17ClN4O2. The molecule has 7 heteroatoms. The molecule has 0 bridgehead atoms. The van der Waals surface area contributed by atoms with E-state index in [0.717, 1.165) is 16.6 Å². The van der Waals surface area contributed by atoms with Crippen LogP contribution in [0.2, 0.25) is 5.02 Å². The van der Waals surface area contributed by atoms with Gasteiger partial charge in [0.05, 0.1) is 22.8 Å². The minimum absolute atomic E-state index is 0.0285. The maximum atomic E-state index is 12.7. The second-order valence-electron chi connectivity index (χ2n) is 6.27. The first-order valence-corrected chi connectivity index (χ1v) is 8.96. The fraction of sp³-hybridized carbons (Fsp3) is 0.150. The smallest absolute Gasteiger partial charge is 0.256 e. The van der Waals surface area contributed by atoms with Crippen LogP contribution in [0.1, 0.15) is 10.4 Å². The number of amides is 2. The van der Waals surface area contributed by atoms with E-state index in [1.54, 1.807) is 30.5 Å². The van der Waals surface area contributed by atoms with E-state index in [4.69, 9.17) is 11.6 Å². The lowest BCUT2D eigenvalue weighted by Gasteiger charge is -2.29. The van der Waals surface area contributed by atoms with Crippen molar-refractivity contribution < 1.29 is 9.59 Å². The number of hydrogen-bond acceptors (Lipinski definition) is 4. The van der Waals surface area contributed by atoms with Crippen molar-refractivity contribution in [3.8, 4) is 0 Å². The summed E-state index contributed by atoms with van der Waals surface area (Å²) >= 11 is 6.40. The zero-order valence-corrected chi connectivity index (χ0v) is 15.2. The van der Waals surface area contributed by atoms with Crippen molar-refractivity contribution >= 4 is 45.7 Å². The Morgan fingerprint density at radius 3 is 2.89 bits per heavy atom. The zero-order chi connectivity index (χ0) is 18.8. The number of halogens is 1. The van der Waals surface area contributed by atoms with E-state index in [1.165, 1.54) is 0 Å². The van der Waals surface area contributed by atoms with Crippen LogP contribution in [0.25, 0.3) is 10.9 Å². The molecule has 0 atom stereocenters. The molecule has 2 heterocycles. The van der Waals surface area contributed by atoms with E-state index in [0.29, 0.717) is 29.4 Å². The molecule has 4 rings (SSSR count). The minimum atomic E-state index is -0.227. The number of carbonyl (C=O) groups is 2. The van der Waals surface area contributed by atoms with Crippen LogP contribution in [-0.4, -0.2) is 36.4 Å². The summed E-state index contributed by atoms with van der Waals surface area (Å²) in [6, 6.07) is 14.4. The van der Waals surface area contributed by atoms with Crippen molar-refractivity contribution in [3.63, 3.8) is 0 Å². The summed E-state index contributed by atoms with van der Waals surface area (Å²) in [4.78, 5) is 30.5. The molecular weight excluding hydrogens is 364 g/mol. The third-order valence-electron chi connectivity index (χ3n) is 4.47. The van der Waals surface area contributed by atoms with Crippen molar-refractivity contribution in [2.24, 2.45) is 0 Å². The van der Waals surface area contributed by atoms with Crippen molar-refractivity contribution in [2.75, 3.05) is 29.9 Å². The van der Waals surface area contributed by atoms with E-state index in [-0.39, 0.29) is 18.4 Å². The van der Waals surface area contributed by atoms with Crippen LogP contribution in [0.3, 0.4) is 0 Å². The van der Waals surface area contributed by atoms with Gasteiger partial charge in [0, 0.05) is 35.9 Å². The lowest BCUT2D eigenvalue weighted by molar-refractivity contribution is -0.120. The molecule has 0 saturated carbocycles. The monoisotopic (exact) mass is 380 g/mol. The molecule has 1 fully saturated rings. The molecule has 1 aliphatic heterocycles. The first kappa shape index (κ1) is 17.3. The Kier molecular flexibility index (Phi) is 4.64. The highest BCUT2D eigenvalue weighted by Crippen LogP contribution is 2.29. The molecule has 1 aliphatic rings. The van der Waals surface area contributed by atoms with Gasteiger partial charge in [-0.25, -0.2) is 0 Å². The molecule has 136 valence electrons. The van der Waals surface area contributed by atoms with Gasteiger partial charge >= 0.3 is 0 Å². The standard InChI is InChI=1S/C20H17ClN4O2/c21-16-11-13(6-7-18(16)25-10-9-23-19(26)12-25)24-20(27)15-3-1-5-17-14(15)4-2-8-22-17/h1-8,11H,9-10,12H2,(H,23,26)(H,24,27). The van der Waals surface area contributed by atoms with Crippen LogP contribution < -0.4 is 15.5 Å². The van der Waals surface area contributed by atoms with Gasteiger partial charge < -0.3 is 15.5 Å². The number of hydrogen-bond donors (Lipinski definition) is 2. The third-order valence-corrected chi connectivity index (χ3v) is 4.78. The quantitative estimate of drug-likeness (QED) is 0.732. The minimum Gasteiger partial charge on any atom is -0.359 e. The molecule has 1 saturated heterocycles. The normalized spacial score (nSPS) is 14.1. The Bertz CT molecular complexity index is 1030. The summed E-state index contributed by atoms with van der Waals surface area (Å²) in [5, 5.41) is 6.95. The summed E-state index contributed by atoms with van der Waals surface area (Å²) in [6.07, 6.45) is 1.70. The third kappa shape index (κ3) is 3.57. The summed E-state index contributed by atoms with van der Waals surface area (Å²) in [6.45, 7) is 1.55. The molecule has 2 N–H and O–H groups in total. The van der Waals surface area contributed by atoms with E-state index >= 15 is 0 Å². The Hall–Kier alpha value is -3.12. The molecule has 0 spiro atoms. The molecule has 0 radical (unpaired) electrons. The highest BCUT2D eigenvalue weighted by atomic mass is 35.5. The van der Waals surface area contributed by atoms with Gasteiger partial charge in [-0.2, -0.15) is 0 Å². The number of rotatable bonds is 3. The average Bonchev–Trinajstić information content (AvgIpc) is 2.67. The maximum absolute atomic E-state index is 12.7. The maximum Gasteiger partial charge on any atom is 0.256 e. The molecule has 3 aromatic rings. The molecule has 1 aromatic heterocycles. The van der Waals surface area contributed by atoms with Crippen LogP contribution >= 0.6 is 11.6 Å². The summed E-state index contributed by atoms with van der Waals surface area (Å²) < 4.78 is 0. The van der Waals surface area contributed by atoms with Crippen molar-refractivity contribution in [1.29, 1.82) is 0 Å². The first-order valence-electron chi connectivity index (χ1n) is 8.58. The SMILES string of the molecule is O=C1CN(c2ccc(NC(=O)c3cccc4ncccc34)cc2Cl)CCN1. The topological polar surface area (TPSA) is 74.3 Å². The van der Waals surface area contributed by atoms with Gasteiger partial charge in [-0.1, -0.05) is 23.7 Å². The highest BCUT2D eigenvalue weighted by molar-refractivity contribution is 6.33. The number of pyridine rings is 1. The average molecular weight is 381 g/mol. The molecule has 27 heavy (non-hydrogen) atoms. The summed E-state index contributed by atoms with van der Waals surface area (Å²) in [5.41, 5.74) is 2.69. The van der Waals surface area contributed by atoms with Gasteiger partial charge in [0.2, 0.25) is 5.91 Å². The second-order valence-corrected chi connectivity index (χ2v) is 6.67. The lowest BCUT2D eigenvalue weighted by atomic mass is 10.1. The molecule has 6 nitrogen and oxygen atoms in total.